The van der Waals surface area contributed by atoms with Gasteiger partial charge in [0.25, 0.3) is 0 Å². The lowest BCUT2D eigenvalue weighted by Gasteiger charge is -2.63. The average molecular weight is 371 g/mol. The van der Waals surface area contributed by atoms with Gasteiger partial charge in [-0.2, -0.15) is 0 Å². The van der Waals surface area contributed by atoms with E-state index in [2.05, 4.69) is 0 Å². The molecule has 0 radical (unpaired) electrons. The summed E-state index contributed by atoms with van der Waals surface area (Å²) in [7, 11) is 0. The predicted molar refractivity (Wildman–Crippen MR) is 101 cm³/mol. The first-order chi connectivity index (χ1) is 13.0. The van der Waals surface area contributed by atoms with Gasteiger partial charge in [-0.1, -0.05) is 0 Å². The number of fused-ring (bicyclic) bond motifs is 10. The zero-order chi connectivity index (χ0) is 18.1. The Morgan fingerprint density at radius 1 is 0.926 bits per heavy atom. The number of ether oxygens (including phenoxy) is 1. The molecule has 0 spiro atoms. The summed E-state index contributed by atoms with van der Waals surface area (Å²) < 4.78 is 5.78. The monoisotopic (exact) mass is 370 g/mol. The normalized spacial score (nSPS) is 64.4. The van der Waals surface area contributed by atoms with Gasteiger partial charge in [0.05, 0.1) is 5.60 Å². The van der Waals surface area contributed by atoms with Crippen molar-refractivity contribution in [2.24, 2.45) is 58.7 Å². The molecule has 3 heteroatoms. The number of rotatable bonds is 2. The lowest BCUT2D eigenvalue weighted by atomic mass is 9.43. The highest BCUT2D eigenvalue weighted by molar-refractivity contribution is 5.66. The molecule has 8 fully saturated rings. The van der Waals surface area contributed by atoms with Crippen molar-refractivity contribution in [1.82, 2.24) is 0 Å². The Morgan fingerprint density at radius 2 is 1.70 bits per heavy atom. The van der Waals surface area contributed by atoms with Crippen LogP contribution in [0, 0.1) is 58.7 Å². The van der Waals surface area contributed by atoms with Gasteiger partial charge < -0.3 is 9.84 Å². The van der Waals surface area contributed by atoms with Crippen molar-refractivity contribution in [3.05, 3.63) is 0 Å². The van der Waals surface area contributed by atoms with Crippen molar-refractivity contribution in [2.45, 2.75) is 82.8 Å². The molecule has 8 rings (SSSR count). The van der Waals surface area contributed by atoms with Gasteiger partial charge in [-0.05, 0) is 123 Å². The lowest BCUT2D eigenvalue weighted by Crippen LogP contribution is -2.59. The van der Waals surface area contributed by atoms with E-state index in [4.69, 9.17) is 4.74 Å². The molecule has 0 aliphatic heterocycles. The molecule has 27 heavy (non-hydrogen) atoms. The van der Waals surface area contributed by atoms with Gasteiger partial charge in [0.2, 0.25) is 0 Å². The molecule has 8 aliphatic carbocycles. The highest BCUT2D eigenvalue weighted by Gasteiger charge is 2.73. The molecule has 0 saturated heterocycles. The summed E-state index contributed by atoms with van der Waals surface area (Å²) in [4.78, 5) is 11.6. The smallest absolute Gasteiger partial charge is 0.302 e. The minimum Gasteiger partial charge on any atom is -0.462 e. The minimum absolute atomic E-state index is 0.0729. The van der Waals surface area contributed by atoms with Gasteiger partial charge in [-0.25, -0.2) is 0 Å². The zero-order valence-electron chi connectivity index (χ0n) is 16.6. The van der Waals surface area contributed by atoms with Crippen LogP contribution in [-0.2, 0) is 9.53 Å². The quantitative estimate of drug-likeness (QED) is 0.586. The number of hydrogen-bond donors (Lipinski definition) is 1. The molecule has 0 amide bonds. The highest BCUT2D eigenvalue weighted by atomic mass is 16.5. The number of hydrogen-bond acceptors (Lipinski definition) is 3. The van der Waals surface area contributed by atoms with Crippen molar-refractivity contribution in [3.8, 4) is 0 Å². The number of carbonyl (C=O) groups is 1. The van der Waals surface area contributed by atoms with Crippen LogP contribution >= 0.6 is 0 Å². The van der Waals surface area contributed by atoms with E-state index in [1.54, 1.807) is 6.92 Å². The van der Waals surface area contributed by atoms with Crippen molar-refractivity contribution < 1.29 is 14.6 Å². The van der Waals surface area contributed by atoms with E-state index in [0.717, 1.165) is 73.0 Å². The maximum atomic E-state index is 11.6. The molecule has 9 unspecified atom stereocenters. The third-order valence-corrected chi connectivity index (χ3v) is 11.1. The van der Waals surface area contributed by atoms with Crippen molar-refractivity contribution >= 4 is 5.97 Å². The van der Waals surface area contributed by atoms with Crippen LogP contribution < -0.4 is 0 Å². The van der Waals surface area contributed by atoms with Gasteiger partial charge in [0, 0.05) is 6.92 Å². The SMILES string of the molecule is CC(=O)OC1CC2CC1C1C3CCC(C4C5CC6CC4CC(O)(C6)C5)(C3)C21. The molecule has 1 N–H and O–H groups in total. The second kappa shape index (κ2) is 4.94. The second-order valence-corrected chi connectivity index (χ2v) is 12.1. The van der Waals surface area contributed by atoms with Gasteiger partial charge in [0.15, 0.2) is 0 Å². The molecule has 0 aromatic heterocycles. The molecular formula is C24H34O3. The zero-order valence-corrected chi connectivity index (χ0v) is 16.6. The summed E-state index contributed by atoms with van der Waals surface area (Å²) in [5.74, 6) is 7.42. The van der Waals surface area contributed by atoms with E-state index in [1.807, 2.05) is 0 Å². The van der Waals surface area contributed by atoms with Gasteiger partial charge in [0.1, 0.15) is 6.10 Å². The van der Waals surface area contributed by atoms with Crippen LogP contribution in [0.25, 0.3) is 0 Å². The summed E-state index contributed by atoms with van der Waals surface area (Å²) in [5, 5.41) is 11.1. The maximum absolute atomic E-state index is 11.6. The predicted octanol–water partition coefficient (Wildman–Crippen LogP) is 4.18. The number of aliphatic hydroxyl groups is 1. The Morgan fingerprint density at radius 3 is 2.41 bits per heavy atom. The molecule has 0 aromatic rings. The van der Waals surface area contributed by atoms with E-state index < -0.39 is 0 Å². The van der Waals surface area contributed by atoms with Gasteiger partial charge in [-0.3, -0.25) is 4.79 Å². The lowest BCUT2D eigenvalue weighted by molar-refractivity contribution is -0.191. The average Bonchev–Trinajstić information content (AvgIpc) is 3.29. The van der Waals surface area contributed by atoms with Crippen molar-refractivity contribution in [3.63, 3.8) is 0 Å². The summed E-state index contributed by atoms with van der Waals surface area (Å²) in [6.45, 7) is 1.59. The first-order valence-electron chi connectivity index (χ1n) is 11.9. The van der Waals surface area contributed by atoms with Crippen LogP contribution in [0.2, 0.25) is 0 Å². The molecule has 9 atom stereocenters. The summed E-state index contributed by atoms with van der Waals surface area (Å²) in [6.07, 6.45) is 13.2. The minimum atomic E-state index is -0.297. The van der Waals surface area contributed by atoms with Crippen LogP contribution in [0.4, 0.5) is 0 Å². The molecular weight excluding hydrogens is 336 g/mol. The van der Waals surface area contributed by atoms with Crippen molar-refractivity contribution in [2.75, 3.05) is 0 Å². The van der Waals surface area contributed by atoms with Crippen LogP contribution in [0.1, 0.15) is 71.1 Å². The van der Waals surface area contributed by atoms with Crippen LogP contribution in [0.5, 0.6) is 0 Å². The molecule has 8 saturated carbocycles. The molecule has 0 aromatic carbocycles. The third kappa shape index (κ3) is 1.91. The van der Waals surface area contributed by atoms with Crippen LogP contribution in [-0.4, -0.2) is 22.8 Å². The summed E-state index contributed by atoms with van der Waals surface area (Å²) in [6, 6.07) is 0. The van der Waals surface area contributed by atoms with E-state index in [9.17, 15) is 9.90 Å². The first kappa shape index (κ1) is 16.3. The Balaban J connectivity index is 1.23. The fourth-order valence-electron chi connectivity index (χ4n) is 11.4. The van der Waals surface area contributed by atoms with Crippen molar-refractivity contribution in [1.29, 1.82) is 0 Å². The molecule has 148 valence electrons. The van der Waals surface area contributed by atoms with Crippen LogP contribution in [0.3, 0.4) is 0 Å². The second-order valence-electron chi connectivity index (χ2n) is 12.1. The van der Waals surface area contributed by atoms with E-state index in [0.29, 0.717) is 11.3 Å². The Kier molecular flexibility index (Phi) is 2.97. The topological polar surface area (TPSA) is 46.5 Å². The van der Waals surface area contributed by atoms with E-state index in [1.165, 1.54) is 38.5 Å². The summed E-state index contributed by atoms with van der Waals surface area (Å²) in [5.41, 5.74) is 0.295. The fourth-order valence-corrected chi connectivity index (χ4v) is 11.4. The maximum Gasteiger partial charge on any atom is 0.302 e. The summed E-state index contributed by atoms with van der Waals surface area (Å²) >= 11 is 0. The molecule has 8 bridgehead atoms. The fraction of sp³-hybridized carbons (Fsp3) is 0.958. The number of carbonyl (C=O) groups excluding carboxylic acids is 1. The third-order valence-electron chi connectivity index (χ3n) is 11.1. The Labute approximate surface area is 162 Å². The highest BCUT2D eigenvalue weighted by Crippen LogP contribution is 2.78. The molecule has 3 nitrogen and oxygen atoms in total. The van der Waals surface area contributed by atoms with Crippen LogP contribution in [0.15, 0.2) is 0 Å². The molecule has 8 aliphatic rings. The Hall–Kier alpha value is -0.570. The van der Waals surface area contributed by atoms with Gasteiger partial charge >= 0.3 is 5.97 Å². The molecule has 0 heterocycles. The standard InChI is InChI=1S/C24H34O3/c1-12(25)27-19-7-15-6-18(19)20-14-2-3-24(11-14,22(15)20)21-16-4-13-5-17(21)10-23(26,8-13)9-16/h13-22,26H,2-11H2,1H3. The largest absolute Gasteiger partial charge is 0.462 e. The first-order valence-corrected chi connectivity index (χ1v) is 11.9. The van der Waals surface area contributed by atoms with E-state index in [-0.39, 0.29) is 17.7 Å². The number of esters is 1. The van der Waals surface area contributed by atoms with Gasteiger partial charge in [-0.15, -0.1) is 0 Å². The van der Waals surface area contributed by atoms with E-state index >= 15 is 0 Å². The Bertz CT molecular complexity index is 686.